The van der Waals surface area contributed by atoms with E-state index < -0.39 is 0 Å². The Bertz CT molecular complexity index is 847. The zero-order valence-corrected chi connectivity index (χ0v) is 16.4. The van der Waals surface area contributed by atoms with Crippen LogP contribution in [0.25, 0.3) is 0 Å². The van der Waals surface area contributed by atoms with Gasteiger partial charge in [-0.1, -0.05) is 30.3 Å². The zero-order chi connectivity index (χ0) is 19.4. The quantitative estimate of drug-likeness (QED) is 0.846. The summed E-state index contributed by atoms with van der Waals surface area (Å²) >= 11 is 0. The molecule has 0 unspecified atom stereocenters. The number of hydrogen-bond acceptors (Lipinski definition) is 4. The first-order valence-corrected chi connectivity index (χ1v) is 9.49. The molecule has 0 aliphatic carbocycles. The average Bonchev–Trinajstić information content (AvgIpc) is 3.05. The van der Waals surface area contributed by atoms with Crippen molar-refractivity contribution in [2.24, 2.45) is 5.92 Å². The highest BCUT2D eigenvalue weighted by molar-refractivity contribution is 5.78. The minimum Gasteiger partial charge on any atom is -0.345 e. The molecule has 0 radical (unpaired) electrons. The Hall–Kier alpha value is -2.47. The van der Waals surface area contributed by atoms with Crippen LogP contribution in [0.1, 0.15) is 29.1 Å². The lowest BCUT2D eigenvalue weighted by Gasteiger charge is -2.22. The molecule has 1 fully saturated rings. The monoisotopic (exact) mass is 368 g/mol. The highest BCUT2D eigenvalue weighted by Gasteiger charge is 2.25. The number of H-pyrrole nitrogens is 1. The molecule has 0 saturated carbocycles. The van der Waals surface area contributed by atoms with Crippen LogP contribution in [0.5, 0.6) is 0 Å². The predicted octanol–water partition coefficient (Wildman–Crippen LogP) is 1.91. The fraction of sp³-hybridized carbons (Fsp3) is 0.476. The fourth-order valence-corrected chi connectivity index (χ4v) is 3.78. The van der Waals surface area contributed by atoms with Crippen molar-refractivity contribution in [3.05, 3.63) is 63.3 Å². The second-order valence-electron chi connectivity index (χ2n) is 7.54. The average molecular weight is 368 g/mol. The van der Waals surface area contributed by atoms with Crippen molar-refractivity contribution in [1.82, 2.24) is 19.8 Å². The number of likely N-dealkylation sites (N-methyl/N-ethyl adjacent to an activating group) is 1. The van der Waals surface area contributed by atoms with Gasteiger partial charge in [-0.05, 0) is 38.3 Å². The van der Waals surface area contributed by atoms with E-state index in [1.807, 2.05) is 13.1 Å². The third-order valence-corrected chi connectivity index (χ3v) is 5.25. The number of carbonyl (C=O) groups is 1. The van der Waals surface area contributed by atoms with Crippen molar-refractivity contribution in [3.8, 4) is 0 Å². The molecule has 1 atom stereocenters. The number of aromatic nitrogens is 2. The highest BCUT2D eigenvalue weighted by atomic mass is 16.2. The van der Waals surface area contributed by atoms with Crippen LogP contribution < -0.4 is 5.56 Å². The Morgan fingerprint density at radius 2 is 2.04 bits per heavy atom. The van der Waals surface area contributed by atoms with Crippen molar-refractivity contribution in [3.63, 3.8) is 0 Å². The summed E-state index contributed by atoms with van der Waals surface area (Å²) < 4.78 is 0. The smallest absolute Gasteiger partial charge is 0.254 e. The zero-order valence-electron chi connectivity index (χ0n) is 16.4. The van der Waals surface area contributed by atoms with E-state index in [2.05, 4.69) is 39.1 Å². The van der Waals surface area contributed by atoms with Crippen molar-refractivity contribution in [1.29, 1.82) is 0 Å². The van der Waals surface area contributed by atoms with Crippen molar-refractivity contribution < 1.29 is 4.79 Å². The third-order valence-electron chi connectivity index (χ3n) is 5.25. The lowest BCUT2D eigenvalue weighted by Crippen LogP contribution is -2.35. The molecule has 144 valence electrons. The summed E-state index contributed by atoms with van der Waals surface area (Å²) in [6.07, 6.45) is 1.20. The molecule has 0 bridgehead atoms. The molecule has 2 heterocycles. The summed E-state index contributed by atoms with van der Waals surface area (Å²) in [6.45, 7) is 7.26. The van der Waals surface area contributed by atoms with Crippen LogP contribution >= 0.6 is 0 Å². The lowest BCUT2D eigenvalue weighted by molar-refractivity contribution is -0.129. The van der Waals surface area contributed by atoms with Gasteiger partial charge in [0.2, 0.25) is 5.91 Å². The summed E-state index contributed by atoms with van der Waals surface area (Å²) in [6, 6.07) is 10.5. The van der Waals surface area contributed by atoms with E-state index >= 15 is 0 Å². The van der Waals surface area contributed by atoms with Gasteiger partial charge in [-0.25, -0.2) is 4.98 Å². The number of aromatic amines is 1. The number of likely N-dealkylation sites (tertiary alicyclic amines) is 1. The third kappa shape index (κ3) is 5.04. The molecule has 1 saturated heterocycles. The maximum absolute atomic E-state index is 12.6. The minimum atomic E-state index is -0.211. The summed E-state index contributed by atoms with van der Waals surface area (Å²) in [5.74, 6) is 1.01. The molecule has 0 spiro atoms. The Morgan fingerprint density at radius 3 is 2.74 bits per heavy atom. The predicted molar refractivity (Wildman–Crippen MR) is 105 cm³/mol. The van der Waals surface area contributed by atoms with Crippen LogP contribution in [-0.2, 0) is 17.8 Å². The van der Waals surface area contributed by atoms with Gasteiger partial charge < -0.3 is 9.88 Å². The first kappa shape index (κ1) is 19.3. The second kappa shape index (κ2) is 8.48. The molecule has 2 aromatic rings. The summed E-state index contributed by atoms with van der Waals surface area (Å²) in [4.78, 5) is 35.9. The highest BCUT2D eigenvalue weighted by Crippen LogP contribution is 2.19. The summed E-state index contributed by atoms with van der Waals surface area (Å²) in [7, 11) is 1.83. The van der Waals surface area contributed by atoms with E-state index in [-0.39, 0.29) is 17.9 Å². The molecule has 1 aliphatic rings. The van der Waals surface area contributed by atoms with Gasteiger partial charge >= 0.3 is 0 Å². The van der Waals surface area contributed by atoms with Crippen molar-refractivity contribution in [2.75, 3.05) is 26.7 Å². The first-order valence-electron chi connectivity index (χ1n) is 9.49. The van der Waals surface area contributed by atoms with Crippen LogP contribution in [-0.4, -0.2) is 52.4 Å². The molecular formula is C21H28N4O2. The van der Waals surface area contributed by atoms with Crippen LogP contribution in [0.4, 0.5) is 0 Å². The minimum absolute atomic E-state index is 0.0317. The SMILES string of the molecule is Cc1nc(C)c(CC(=O)N(C)C[C@@H]2CCN(Cc3ccccc3)C2)c(=O)[nH]1. The normalized spacial score (nSPS) is 17.2. The van der Waals surface area contributed by atoms with Crippen LogP contribution in [0.2, 0.25) is 0 Å². The van der Waals surface area contributed by atoms with Crippen LogP contribution in [0, 0.1) is 19.8 Å². The van der Waals surface area contributed by atoms with Gasteiger partial charge in [0.25, 0.3) is 5.56 Å². The Morgan fingerprint density at radius 1 is 1.30 bits per heavy atom. The Balaban J connectivity index is 1.52. The Kier molecular flexibility index (Phi) is 6.06. The maximum Gasteiger partial charge on any atom is 0.254 e. The molecule has 1 aromatic heterocycles. The molecule has 6 nitrogen and oxygen atoms in total. The number of aryl methyl sites for hydroxylation is 2. The topological polar surface area (TPSA) is 69.3 Å². The maximum atomic E-state index is 12.6. The molecule has 27 heavy (non-hydrogen) atoms. The van der Waals surface area contributed by atoms with Gasteiger partial charge in [-0.3, -0.25) is 14.5 Å². The molecule has 1 aliphatic heterocycles. The van der Waals surface area contributed by atoms with Gasteiger partial charge in [-0.2, -0.15) is 0 Å². The Labute approximate surface area is 160 Å². The largest absolute Gasteiger partial charge is 0.345 e. The summed E-state index contributed by atoms with van der Waals surface area (Å²) in [5.41, 5.74) is 2.21. The fourth-order valence-electron chi connectivity index (χ4n) is 3.78. The standard InChI is InChI=1S/C21H28N4O2/c1-15-19(21(27)23-16(2)22-15)11-20(26)24(3)12-18-9-10-25(14-18)13-17-7-5-4-6-8-17/h4-8,18H,9-14H2,1-3H3,(H,22,23,27)/t18-/m0/s1. The van der Waals surface area contributed by atoms with E-state index in [0.29, 0.717) is 23.0 Å². The molecule has 6 heteroatoms. The van der Waals surface area contributed by atoms with Gasteiger partial charge in [0, 0.05) is 37.9 Å². The van der Waals surface area contributed by atoms with Gasteiger partial charge in [-0.15, -0.1) is 0 Å². The van der Waals surface area contributed by atoms with Crippen LogP contribution in [0.3, 0.4) is 0 Å². The number of hydrogen-bond donors (Lipinski definition) is 1. The van der Waals surface area contributed by atoms with Gasteiger partial charge in [0.05, 0.1) is 6.42 Å². The van der Waals surface area contributed by atoms with E-state index in [1.54, 1.807) is 18.7 Å². The number of nitrogens with one attached hydrogen (secondary N) is 1. The summed E-state index contributed by atoms with van der Waals surface area (Å²) in [5, 5.41) is 0. The van der Waals surface area contributed by atoms with Crippen LogP contribution in [0.15, 0.2) is 35.1 Å². The van der Waals surface area contributed by atoms with E-state index in [1.165, 1.54) is 5.56 Å². The van der Waals surface area contributed by atoms with E-state index in [4.69, 9.17) is 0 Å². The first-order chi connectivity index (χ1) is 12.9. The molecular weight excluding hydrogens is 340 g/mol. The lowest BCUT2D eigenvalue weighted by atomic mass is 10.1. The molecule has 1 amide bonds. The number of nitrogens with zero attached hydrogens (tertiary/aromatic N) is 3. The van der Waals surface area contributed by atoms with E-state index in [0.717, 1.165) is 32.6 Å². The second-order valence-corrected chi connectivity index (χ2v) is 7.54. The van der Waals surface area contributed by atoms with Gasteiger partial charge in [0.15, 0.2) is 0 Å². The number of amides is 1. The number of benzene rings is 1. The van der Waals surface area contributed by atoms with Gasteiger partial charge in [0.1, 0.15) is 5.82 Å². The molecule has 3 rings (SSSR count). The molecule has 1 N–H and O–H groups in total. The molecule has 1 aromatic carbocycles. The number of rotatable bonds is 6. The number of carbonyl (C=O) groups excluding carboxylic acids is 1. The van der Waals surface area contributed by atoms with E-state index in [9.17, 15) is 9.59 Å². The van der Waals surface area contributed by atoms with Crippen molar-refractivity contribution >= 4 is 5.91 Å². The van der Waals surface area contributed by atoms with Crippen molar-refractivity contribution in [2.45, 2.75) is 33.2 Å².